The molecule has 1 amide bonds. The zero-order valence-electron chi connectivity index (χ0n) is 5.54. The van der Waals surface area contributed by atoms with Crippen LogP contribution in [0.5, 0.6) is 0 Å². The van der Waals surface area contributed by atoms with Crippen molar-refractivity contribution >= 4 is 17.8 Å². The van der Waals surface area contributed by atoms with Crippen LogP contribution >= 0.6 is 0 Å². The van der Waals surface area contributed by atoms with E-state index in [1.165, 1.54) is 0 Å². The molecule has 66 valence electrons. The lowest BCUT2D eigenvalue weighted by Crippen LogP contribution is -2.42. The van der Waals surface area contributed by atoms with Crippen molar-refractivity contribution < 1.29 is 18.1 Å². The molecule has 1 rings (SSSR count). The van der Waals surface area contributed by atoms with E-state index in [2.05, 4.69) is 15.7 Å². The zero-order chi connectivity index (χ0) is 9.30. The topological polar surface area (TPSA) is 71.0 Å². The molecule has 2 N–H and O–H groups in total. The Hall–Kier alpha value is -1.60. The number of hydrogen-bond acceptors (Lipinski definition) is 4. The molecule has 0 spiro atoms. The lowest BCUT2D eigenvalue weighted by Gasteiger charge is -2.17. The van der Waals surface area contributed by atoms with E-state index in [4.69, 9.17) is 0 Å². The molecular formula is C4H3F3N4O. The van der Waals surface area contributed by atoms with Crippen molar-refractivity contribution in [2.24, 2.45) is 15.7 Å². The van der Waals surface area contributed by atoms with E-state index in [9.17, 15) is 18.1 Å². The van der Waals surface area contributed by atoms with Crippen molar-refractivity contribution in [2.45, 2.75) is 6.42 Å². The number of amides is 1. The smallest absolute Gasteiger partial charge is 0.310 e. The largest absolute Gasteiger partial charge is 0.363 e. The molecule has 0 fully saturated rings. The summed E-state index contributed by atoms with van der Waals surface area (Å²) in [6, 6.07) is 0. The van der Waals surface area contributed by atoms with Crippen LogP contribution in [-0.2, 0) is 4.79 Å². The van der Waals surface area contributed by atoms with Gasteiger partial charge in [-0.25, -0.2) is 0 Å². The van der Waals surface area contributed by atoms with Gasteiger partial charge in [-0.3, -0.25) is 4.79 Å². The van der Waals surface area contributed by atoms with Crippen LogP contribution in [0.2, 0.25) is 0 Å². The van der Waals surface area contributed by atoms with E-state index in [0.717, 1.165) is 0 Å². The molecule has 0 aromatic heterocycles. The lowest BCUT2D eigenvalue weighted by molar-refractivity contribution is -0.115. The number of carbonyl (C=O) groups excluding carboxylic acids is 1. The van der Waals surface area contributed by atoms with Gasteiger partial charge in [-0.2, -0.15) is 18.8 Å². The molecule has 1 atom stereocenters. The highest BCUT2D eigenvalue weighted by Gasteiger charge is 2.30. The van der Waals surface area contributed by atoms with E-state index < -0.39 is 29.4 Å². The van der Waals surface area contributed by atoms with E-state index >= 15 is 0 Å². The first-order chi connectivity index (χ1) is 5.52. The molecule has 5 nitrogen and oxygen atoms in total. The van der Waals surface area contributed by atoms with E-state index in [1.54, 1.807) is 0 Å². The molecule has 1 aliphatic heterocycles. The van der Waals surface area contributed by atoms with Gasteiger partial charge < -0.3 is 5.73 Å². The highest BCUT2D eigenvalue weighted by atomic mass is 19.2. The third-order valence-electron chi connectivity index (χ3n) is 1.02. The molecule has 0 saturated heterocycles. The van der Waals surface area contributed by atoms with Crippen LogP contribution in [0.25, 0.3) is 0 Å². The SMILES string of the molecule is NC(=O)C1=NC(F)=NC(F)N1F. The third kappa shape index (κ3) is 1.36. The van der Waals surface area contributed by atoms with Gasteiger partial charge in [0.05, 0.1) is 0 Å². The first kappa shape index (κ1) is 8.50. The Balaban J connectivity index is 2.98. The van der Waals surface area contributed by atoms with E-state index in [-0.39, 0.29) is 0 Å². The van der Waals surface area contributed by atoms with Gasteiger partial charge in [0.2, 0.25) is 5.84 Å². The molecule has 0 aromatic rings. The van der Waals surface area contributed by atoms with Gasteiger partial charge in [0, 0.05) is 0 Å². The lowest BCUT2D eigenvalue weighted by atomic mass is 10.5. The normalized spacial score (nSPS) is 23.2. The summed E-state index contributed by atoms with van der Waals surface area (Å²) in [5.74, 6) is -2.51. The fourth-order valence-electron chi connectivity index (χ4n) is 0.564. The summed E-state index contributed by atoms with van der Waals surface area (Å²) >= 11 is 0. The number of hydrogen-bond donors (Lipinski definition) is 1. The third-order valence-corrected chi connectivity index (χ3v) is 1.02. The van der Waals surface area contributed by atoms with Crippen LogP contribution in [0.15, 0.2) is 9.98 Å². The van der Waals surface area contributed by atoms with Gasteiger partial charge in [-0.05, 0) is 0 Å². The predicted octanol–water partition coefficient (Wildman–Crippen LogP) is -0.351. The second-order valence-electron chi connectivity index (χ2n) is 1.82. The number of nitrogens with two attached hydrogens (primary N) is 1. The molecular weight excluding hydrogens is 177 g/mol. The number of rotatable bonds is 1. The van der Waals surface area contributed by atoms with Crippen molar-refractivity contribution in [2.75, 3.05) is 0 Å². The Morgan fingerprint density at radius 3 is 2.75 bits per heavy atom. The van der Waals surface area contributed by atoms with Crippen molar-refractivity contribution in [3.63, 3.8) is 0 Å². The monoisotopic (exact) mass is 180 g/mol. The van der Waals surface area contributed by atoms with Crippen LogP contribution in [0.3, 0.4) is 0 Å². The molecule has 0 radical (unpaired) electrons. The van der Waals surface area contributed by atoms with Crippen molar-refractivity contribution in [1.82, 2.24) is 5.12 Å². The molecule has 0 aromatic carbocycles. The number of halogens is 3. The number of amidine groups is 2. The fraction of sp³-hybridized carbons (Fsp3) is 0.250. The molecule has 0 bridgehead atoms. The number of primary amides is 1. The first-order valence-corrected chi connectivity index (χ1v) is 2.73. The molecule has 0 aliphatic carbocycles. The van der Waals surface area contributed by atoms with Crippen LogP contribution in [0, 0.1) is 0 Å². The molecule has 1 heterocycles. The summed E-state index contributed by atoms with van der Waals surface area (Å²) < 4.78 is 36.8. The Labute approximate surface area is 64.3 Å². The number of nitrogens with zero attached hydrogens (tertiary/aromatic N) is 3. The van der Waals surface area contributed by atoms with Crippen LogP contribution < -0.4 is 5.73 Å². The minimum Gasteiger partial charge on any atom is -0.363 e. The van der Waals surface area contributed by atoms with E-state index in [1.807, 2.05) is 0 Å². The summed E-state index contributed by atoms with van der Waals surface area (Å²) in [4.78, 5) is 15.4. The Morgan fingerprint density at radius 2 is 2.25 bits per heavy atom. The minimum absolute atomic E-state index is 0.759. The molecule has 1 unspecified atom stereocenters. The minimum atomic E-state index is -2.61. The summed E-state index contributed by atoms with van der Waals surface area (Å²) in [7, 11) is 0. The number of aliphatic imine (C=N–C) groups is 2. The van der Waals surface area contributed by atoms with Gasteiger partial charge >= 0.3 is 6.09 Å². The van der Waals surface area contributed by atoms with Gasteiger partial charge in [0.15, 0.2) is 0 Å². The molecule has 1 aliphatic rings. The molecule has 12 heavy (non-hydrogen) atoms. The maximum absolute atomic E-state index is 12.4. The van der Waals surface area contributed by atoms with Gasteiger partial charge in [-0.15, -0.1) is 5.12 Å². The molecule has 0 saturated carbocycles. The Morgan fingerprint density at radius 1 is 1.67 bits per heavy atom. The number of alkyl halides is 1. The summed E-state index contributed by atoms with van der Waals surface area (Å²) in [6.07, 6.45) is -4.13. The van der Waals surface area contributed by atoms with Crippen molar-refractivity contribution in [1.29, 1.82) is 0 Å². The van der Waals surface area contributed by atoms with Crippen LogP contribution in [0.1, 0.15) is 0 Å². The standard InChI is InChI=1S/C4H3F3N4O/c5-3-9-2(1(8)12)11(7)4(6)10-3/h4H,(H2,8,12). The summed E-state index contributed by atoms with van der Waals surface area (Å²) in [5.41, 5.74) is 4.54. The predicted molar refractivity (Wildman–Crippen MR) is 33.0 cm³/mol. The maximum Gasteiger partial charge on any atom is 0.310 e. The van der Waals surface area contributed by atoms with Crippen molar-refractivity contribution in [3.05, 3.63) is 0 Å². The molecule has 8 heteroatoms. The van der Waals surface area contributed by atoms with Crippen LogP contribution in [-0.4, -0.2) is 29.4 Å². The Kier molecular flexibility index (Phi) is 1.98. The average molecular weight is 180 g/mol. The highest BCUT2D eigenvalue weighted by Crippen LogP contribution is 2.11. The fourth-order valence-corrected chi connectivity index (χ4v) is 0.564. The second-order valence-corrected chi connectivity index (χ2v) is 1.82. The highest BCUT2D eigenvalue weighted by molar-refractivity contribution is 6.38. The summed E-state index contributed by atoms with van der Waals surface area (Å²) in [5, 5.41) is -0.759. The average Bonchev–Trinajstić information content (AvgIpc) is 1.96. The second kappa shape index (κ2) is 2.80. The Bertz CT molecular complexity index is 275. The number of carbonyl (C=O) groups is 1. The van der Waals surface area contributed by atoms with E-state index in [0.29, 0.717) is 0 Å². The first-order valence-electron chi connectivity index (χ1n) is 2.73. The maximum atomic E-state index is 12.4. The van der Waals surface area contributed by atoms with Gasteiger partial charge in [-0.1, -0.05) is 4.48 Å². The zero-order valence-corrected chi connectivity index (χ0v) is 5.54. The van der Waals surface area contributed by atoms with Crippen LogP contribution in [0.4, 0.5) is 13.3 Å². The quantitative estimate of drug-likeness (QED) is 0.442. The van der Waals surface area contributed by atoms with Gasteiger partial charge in [0.25, 0.3) is 12.3 Å². The van der Waals surface area contributed by atoms with Crippen molar-refractivity contribution in [3.8, 4) is 0 Å². The van der Waals surface area contributed by atoms with Gasteiger partial charge in [0.1, 0.15) is 0 Å². The summed E-state index contributed by atoms with van der Waals surface area (Å²) in [6.45, 7) is 0.